The largest absolute Gasteiger partial charge is 0.435 e. The molecule has 0 spiro atoms. The molecule has 0 atom stereocenters. The first-order valence-electron chi connectivity index (χ1n) is 8.31. The number of rotatable bonds is 4. The number of carbonyl (C=O) groups excluding carboxylic acids is 1. The van der Waals surface area contributed by atoms with Crippen LogP contribution in [-0.2, 0) is 20.8 Å². The van der Waals surface area contributed by atoms with Crippen molar-refractivity contribution in [3.8, 4) is 16.9 Å². The highest BCUT2D eigenvalue weighted by molar-refractivity contribution is 7.90. The monoisotopic (exact) mass is 423 g/mol. The van der Waals surface area contributed by atoms with E-state index in [9.17, 15) is 26.4 Å². The van der Waals surface area contributed by atoms with Crippen molar-refractivity contribution in [1.29, 1.82) is 0 Å². The summed E-state index contributed by atoms with van der Waals surface area (Å²) in [5.74, 6) is -0.275. The second kappa shape index (κ2) is 7.36. The van der Waals surface area contributed by atoms with Crippen LogP contribution < -0.4 is 5.32 Å². The standard InChI is InChI=1S/C19H16F3N3O3S/c1-12(26)23-14-5-7-15(8-6-14)25-17(11-18(24-25)19(20,21)22)13-3-9-16(10-4-13)29(2,27)28/h3-11H,1-2H3,(H,23,26). The van der Waals surface area contributed by atoms with Crippen LogP contribution in [0, 0.1) is 0 Å². The minimum Gasteiger partial charge on any atom is -0.326 e. The Balaban J connectivity index is 2.09. The Morgan fingerprint density at radius 3 is 2.10 bits per heavy atom. The average molecular weight is 423 g/mol. The van der Waals surface area contributed by atoms with Crippen LogP contribution in [-0.4, -0.2) is 30.4 Å². The number of carbonyl (C=O) groups is 1. The number of sulfone groups is 1. The lowest BCUT2D eigenvalue weighted by molar-refractivity contribution is -0.141. The first-order chi connectivity index (χ1) is 13.4. The Morgan fingerprint density at radius 1 is 1.03 bits per heavy atom. The summed E-state index contributed by atoms with van der Waals surface area (Å²) in [6.07, 6.45) is -3.60. The van der Waals surface area contributed by atoms with E-state index in [0.29, 0.717) is 16.9 Å². The van der Waals surface area contributed by atoms with Crippen molar-refractivity contribution in [3.05, 3.63) is 60.3 Å². The zero-order valence-corrected chi connectivity index (χ0v) is 16.2. The molecule has 0 saturated carbocycles. The lowest BCUT2D eigenvalue weighted by Gasteiger charge is -2.09. The van der Waals surface area contributed by atoms with Crippen LogP contribution in [0.15, 0.2) is 59.5 Å². The lowest BCUT2D eigenvalue weighted by Crippen LogP contribution is -2.08. The van der Waals surface area contributed by atoms with Gasteiger partial charge in [-0.1, -0.05) is 12.1 Å². The highest BCUT2D eigenvalue weighted by atomic mass is 32.2. The molecule has 0 saturated heterocycles. The molecule has 0 aliphatic heterocycles. The molecule has 152 valence electrons. The second-order valence-electron chi connectivity index (χ2n) is 6.35. The predicted molar refractivity (Wildman–Crippen MR) is 101 cm³/mol. The maximum absolute atomic E-state index is 13.2. The fourth-order valence-corrected chi connectivity index (χ4v) is 3.31. The van der Waals surface area contributed by atoms with Gasteiger partial charge in [0, 0.05) is 24.4 Å². The molecule has 6 nitrogen and oxygen atoms in total. The quantitative estimate of drug-likeness (QED) is 0.690. The van der Waals surface area contributed by atoms with Gasteiger partial charge in [-0.05, 0) is 42.5 Å². The molecule has 29 heavy (non-hydrogen) atoms. The van der Waals surface area contributed by atoms with E-state index < -0.39 is 21.7 Å². The summed E-state index contributed by atoms with van der Waals surface area (Å²) >= 11 is 0. The van der Waals surface area contributed by atoms with Gasteiger partial charge in [0.25, 0.3) is 0 Å². The highest BCUT2D eigenvalue weighted by Gasteiger charge is 2.35. The van der Waals surface area contributed by atoms with Crippen molar-refractivity contribution < 1.29 is 26.4 Å². The van der Waals surface area contributed by atoms with E-state index in [0.717, 1.165) is 17.0 Å². The zero-order valence-electron chi connectivity index (χ0n) is 15.4. The second-order valence-corrected chi connectivity index (χ2v) is 8.36. The molecule has 10 heteroatoms. The average Bonchev–Trinajstić information content (AvgIpc) is 3.07. The summed E-state index contributed by atoms with van der Waals surface area (Å²) in [5, 5.41) is 6.25. The van der Waals surface area contributed by atoms with E-state index in [4.69, 9.17) is 0 Å². The Morgan fingerprint density at radius 2 is 1.62 bits per heavy atom. The molecular formula is C19H16F3N3O3S. The number of benzene rings is 2. The number of amides is 1. The summed E-state index contributed by atoms with van der Waals surface area (Å²) in [4.78, 5) is 11.2. The van der Waals surface area contributed by atoms with Crippen LogP contribution in [0.2, 0.25) is 0 Å². The van der Waals surface area contributed by atoms with Crippen LogP contribution in [0.5, 0.6) is 0 Å². The van der Waals surface area contributed by atoms with Crippen molar-refractivity contribution in [1.82, 2.24) is 9.78 Å². The third-order valence-electron chi connectivity index (χ3n) is 4.01. The number of hydrogen-bond donors (Lipinski definition) is 1. The molecule has 0 unspecified atom stereocenters. The van der Waals surface area contributed by atoms with E-state index in [1.54, 1.807) is 12.1 Å². The maximum Gasteiger partial charge on any atom is 0.435 e. The molecular weight excluding hydrogens is 407 g/mol. The topological polar surface area (TPSA) is 81.1 Å². The van der Waals surface area contributed by atoms with Gasteiger partial charge in [-0.15, -0.1) is 0 Å². The summed E-state index contributed by atoms with van der Waals surface area (Å²) in [6.45, 7) is 1.34. The molecule has 1 aromatic heterocycles. The van der Waals surface area contributed by atoms with Crippen LogP contribution in [0.4, 0.5) is 18.9 Å². The fraction of sp³-hybridized carbons (Fsp3) is 0.158. The number of nitrogens with zero attached hydrogens (tertiary/aromatic N) is 2. The van der Waals surface area contributed by atoms with Gasteiger partial charge in [0.15, 0.2) is 15.5 Å². The maximum atomic E-state index is 13.2. The van der Waals surface area contributed by atoms with E-state index in [1.165, 1.54) is 43.3 Å². The van der Waals surface area contributed by atoms with Crippen molar-refractivity contribution >= 4 is 21.4 Å². The molecule has 0 radical (unpaired) electrons. The van der Waals surface area contributed by atoms with E-state index >= 15 is 0 Å². The molecule has 2 aromatic carbocycles. The predicted octanol–water partition coefficient (Wildman–Crippen LogP) is 3.92. The number of nitrogens with one attached hydrogen (secondary N) is 1. The van der Waals surface area contributed by atoms with Crippen molar-refractivity contribution in [2.24, 2.45) is 0 Å². The van der Waals surface area contributed by atoms with Gasteiger partial charge in [-0.2, -0.15) is 18.3 Å². The molecule has 0 fully saturated rings. The van der Waals surface area contributed by atoms with Crippen LogP contribution in [0.25, 0.3) is 16.9 Å². The Hall–Kier alpha value is -3.14. The van der Waals surface area contributed by atoms with Gasteiger partial charge >= 0.3 is 6.18 Å². The third-order valence-corrected chi connectivity index (χ3v) is 5.14. The van der Waals surface area contributed by atoms with E-state index in [-0.39, 0.29) is 16.5 Å². The minimum atomic E-state index is -4.65. The molecule has 0 aliphatic rings. The van der Waals surface area contributed by atoms with Gasteiger partial charge in [0.2, 0.25) is 5.91 Å². The normalized spacial score (nSPS) is 12.0. The van der Waals surface area contributed by atoms with Gasteiger partial charge in [0.1, 0.15) is 0 Å². The number of hydrogen-bond acceptors (Lipinski definition) is 4. The molecule has 0 bridgehead atoms. The lowest BCUT2D eigenvalue weighted by atomic mass is 10.1. The van der Waals surface area contributed by atoms with Gasteiger partial charge in [-0.25, -0.2) is 13.1 Å². The third kappa shape index (κ3) is 4.65. The zero-order chi connectivity index (χ0) is 21.4. The summed E-state index contributed by atoms with van der Waals surface area (Å²) in [7, 11) is -3.43. The Kier molecular flexibility index (Phi) is 5.22. The van der Waals surface area contributed by atoms with E-state index in [2.05, 4.69) is 10.4 Å². The number of alkyl halides is 3. The number of aromatic nitrogens is 2. The van der Waals surface area contributed by atoms with Crippen molar-refractivity contribution in [2.75, 3.05) is 11.6 Å². The minimum absolute atomic E-state index is 0.0584. The summed E-state index contributed by atoms with van der Waals surface area (Å²) < 4.78 is 64.1. The SMILES string of the molecule is CC(=O)Nc1ccc(-n2nc(C(F)(F)F)cc2-c2ccc(S(C)(=O)=O)cc2)cc1. The molecule has 1 heterocycles. The van der Waals surface area contributed by atoms with Crippen LogP contribution >= 0.6 is 0 Å². The molecule has 3 aromatic rings. The first kappa shape index (κ1) is 20.6. The molecule has 3 rings (SSSR count). The Bertz CT molecular complexity index is 1150. The van der Waals surface area contributed by atoms with Crippen molar-refractivity contribution in [3.63, 3.8) is 0 Å². The smallest absolute Gasteiger partial charge is 0.326 e. The van der Waals surface area contributed by atoms with Crippen LogP contribution in [0.3, 0.4) is 0 Å². The summed E-state index contributed by atoms with van der Waals surface area (Å²) in [5.41, 5.74) is 0.266. The van der Waals surface area contributed by atoms with Gasteiger partial charge in [-0.3, -0.25) is 4.79 Å². The fourth-order valence-electron chi connectivity index (χ4n) is 2.68. The van der Waals surface area contributed by atoms with Gasteiger partial charge < -0.3 is 5.32 Å². The first-order valence-corrected chi connectivity index (χ1v) is 10.2. The molecule has 1 amide bonds. The molecule has 1 N–H and O–H groups in total. The number of halogens is 3. The summed E-state index contributed by atoms with van der Waals surface area (Å²) in [6, 6.07) is 12.5. The number of anilines is 1. The Labute approximate surface area is 164 Å². The van der Waals surface area contributed by atoms with Crippen LogP contribution in [0.1, 0.15) is 12.6 Å². The molecule has 0 aliphatic carbocycles. The van der Waals surface area contributed by atoms with Gasteiger partial charge in [0.05, 0.1) is 16.3 Å². The van der Waals surface area contributed by atoms with Crippen molar-refractivity contribution in [2.45, 2.75) is 18.0 Å². The highest BCUT2D eigenvalue weighted by Crippen LogP contribution is 2.33. The van der Waals surface area contributed by atoms with E-state index in [1.807, 2.05) is 0 Å².